The van der Waals surface area contributed by atoms with Crippen molar-refractivity contribution in [3.8, 4) is 0 Å². The highest BCUT2D eigenvalue weighted by molar-refractivity contribution is 7.98. The molecule has 98 valence electrons. The monoisotopic (exact) mass is 320 g/mol. The molecule has 17 heavy (non-hydrogen) atoms. The third-order valence-electron chi connectivity index (χ3n) is 2.00. The number of carbonyl (C=O) groups excluding carboxylic acids is 2. The molecule has 1 rings (SSSR count). The van der Waals surface area contributed by atoms with Gasteiger partial charge >= 0.3 is 6.09 Å². The largest absolute Gasteiger partial charge is 0.445 e. The van der Waals surface area contributed by atoms with Crippen molar-refractivity contribution in [3.05, 3.63) is 0 Å². The van der Waals surface area contributed by atoms with Gasteiger partial charge in [0.15, 0.2) is 0 Å². The number of amides is 2. The van der Waals surface area contributed by atoms with E-state index in [-0.39, 0.29) is 18.6 Å². The second kappa shape index (κ2) is 6.22. The maximum Gasteiger partial charge on any atom is 0.408 e. The van der Waals surface area contributed by atoms with E-state index >= 15 is 0 Å². The fourth-order valence-electron chi connectivity index (χ4n) is 1.24. The summed E-state index contributed by atoms with van der Waals surface area (Å²) in [6.45, 7) is -0.370. The van der Waals surface area contributed by atoms with E-state index in [0.717, 1.165) is 0 Å². The van der Waals surface area contributed by atoms with Gasteiger partial charge in [-0.2, -0.15) is 11.8 Å². The quantitative estimate of drug-likeness (QED) is 0.605. The number of hydrogen-bond donors (Lipinski definition) is 2. The van der Waals surface area contributed by atoms with Crippen molar-refractivity contribution in [2.75, 3.05) is 18.6 Å². The number of hydrogen-bond acceptors (Lipinski definition) is 4. The lowest BCUT2D eigenvalue weighted by atomic mass is 10.0. The molecule has 1 heterocycles. The number of thioether (sulfide) groups is 1. The van der Waals surface area contributed by atoms with Crippen LogP contribution < -0.4 is 10.6 Å². The molecule has 2 N–H and O–H groups in total. The van der Waals surface area contributed by atoms with Gasteiger partial charge in [0.1, 0.15) is 12.6 Å². The lowest BCUT2D eigenvalue weighted by molar-refractivity contribution is -0.130. The Morgan fingerprint density at radius 1 is 1.59 bits per heavy atom. The minimum absolute atomic E-state index is 0.0854. The molecule has 0 spiro atoms. The van der Waals surface area contributed by atoms with Gasteiger partial charge in [-0.3, -0.25) is 4.79 Å². The van der Waals surface area contributed by atoms with Gasteiger partial charge in [-0.1, -0.05) is 34.8 Å². The minimum Gasteiger partial charge on any atom is -0.445 e. The van der Waals surface area contributed by atoms with Gasteiger partial charge in [0.05, 0.1) is 6.04 Å². The molecule has 0 aromatic carbocycles. The molecule has 0 aromatic rings. The average molecular weight is 322 g/mol. The van der Waals surface area contributed by atoms with Crippen LogP contribution in [-0.4, -0.2) is 46.5 Å². The van der Waals surface area contributed by atoms with E-state index in [9.17, 15) is 9.59 Å². The van der Waals surface area contributed by atoms with E-state index in [1.54, 1.807) is 11.8 Å². The van der Waals surface area contributed by atoms with Crippen LogP contribution in [0.5, 0.6) is 0 Å². The normalized spacial score (nSPS) is 23.6. The Kier molecular flexibility index (Phi) is 5.50. The first-order valence-electron chi connectivity index (χ1n) is 4.63. The standard InChI is InChI=1S/C8H11Cl3N2O3S/c1-17-2-4-5(6(14)12-4)13-7(15)16-3-8(9,10)11/h4-5H,2-3H2,1H3,(H,12,14)(H,13,15). The number of carbonyl (C=O) groups is 2. The van der Waals surface area contributed by atoms with Crippen molar-refractivity contribution in [3.63, 3.8) is 0 Å². The van der Waals surface area contributed by atoms with Crippen LogP contribution in [0.1, 0.15) is 0 Å². The predicted octanol–water partition coefficient (Wildman–Crippen LogP) is 1.31. The molecular formula is C8H11Cl3N2O3S. The Morgan fingerprint density at radius 3 is 2.71 bits per heavy atom. The van der Waals surface area contributed by atoms with Gasteiger partial charge in [-0.25, -0.2) is 4.79 Å². The van der Waals surface area contributed by atoms with E-state index in [1.165, 1.54) is 0 Å². The summed E-state index contributed by atoms with van der Waals surface area (Å²) in [7, 11) is 0. The summed E-state index contributed by atoms with van der Waals surface area (Å²) < 4.78 is 3.00. The van der Waals surface area contributed by atoms with Crippen molar-refractivity contribution >= 4 is 58.6 Å². The zero-order valence-electron chi connectivity index (χ0n) is 8.84. The van der Waals surface area contributed by atoms with Crippen molar-refractivity contribution in [2.45, 2.75) is 15.9 Å². The van der Waals surface area contributed by atoms with Crippen molar-refractivity contribution in [1.82, 2.24) is 10.6 Å². The lowest BCUT2D eigenvalue weighted by Gasteiger charge is -2.36. The van der Waals surface area contributed by atoms with E-state index < -0.39 is 15.9 Å². The van der Waals surface area contributed by atoms with Crippen LogP contribution in [0, 0.1) is 0 Å². The molecule has 1 saturated heterocycles. The Bertz CT molecular complexity index is 311. The van der Waals surface area contributed by atoms with Crippen LogP contribution in [0.15, 0.2) is 0 Å². The molecule has 0 radical (unpaired) electrons. The molecule has 5 nitrogen and oxygen atoms in total. The molecule has 1 aliphatic rings. The van der Waals surface area contributed by atoms with Crippen LogP contribution in [0.25, 0.3) is 0 Å². The number of β-lactam (4-membered cyclic amide) rings is 1. The first-order valence-corrected chi connectivity index (χ1v) is 7.15. The van der Waals surface area contributed by atoms with Gasteiger partial charge in [-0.15, -0.1) is 0 Å². The summed E-state index contributed by atoms with van der Waals surface area (Å²) in [4.78, 5) is 22.5. The summed E-state index contributed by atoms with van der Waals surface area (Å²) in [6, 6.07) is -0.664. The van der Waals surface area contributed by atoms with Crippen LogP contribution in [0.4, 0.5) is 4.79 Å². The second-order valence-corrected chi connectivity index (χ2v) is 6.81. The highest BCUT2D eigenvalue weighted by Gasteiger charge is 2.40. The highest BCUT2D eigenvalue weighted by Crippen LogP contribution is 2.25. The highest BCUT2D eigenvalue weighted by atomic mass is 35.6. The van der Waals surface area contributed by atoms with E-state index in [4.69, 9.17) is 34.8 Å². The van der Waals surface area contributed by atoms with Gasteiger partial charge in [0.2, 0.25) is 9.70 Å². The molecule has 2 atom stereocenters. The molecule has 1 fully saturated rings. The maximum absolute atomic E-state index is 11.3. The number of alkyl halides is 3. The van der Waals surface area contributed by atoms with Crippen LogP contribution in [0.2, 0.25) is 0 Å². The van der Waals surface area contributed by atoms with Gasteiger partial charge in [-0.05, 0) is 6.26 Å². The molecule has 0 aliphatic carbocycles. The first kappa shape index (κ1) is 15.0. The van der Waals surface area contributed by atoms with Crippen LogP contribution in [-0.2, 0) is 9.53 Å². The molecule has 0 bridgehead atoms. The third-order valence-corrected chi connectivity index (χ3v) is 3.02. The fraction of sp³-hybridized carbons (Fsp3) is 0.750. The van der Waals surface area contributed by atoms with Crippen LogP contribution in [0.3, 0.4) is 0 Å². The van der Waals surface area contributed by atoms with E-state index in [1.807, 2.05) is 6.26 Å². The number of ether oxygens (including phenoxy) is 1. The van der Waals surface area contributed by atoms with Crippen molar-refractivity contribution in [1.29, 1.82) is 0 Å². The fourth-order valence-corrected chi connectivity index (χ4v) is 2.04. The Labute approximate surface area is 118 Å². The molecular weight excluding hydrogens is 311 g/mol. The smallest absolute Gasteiger partial charge is 0.408 e. The zero-order valence-corrected chi connectivity index (χ0v) is 11.9. The Hall–Kier alpha value is -0.0400. The molecule has 1 aliphatic heterocycles. The SMILES string of the molecule is CSCC1NC(=O)C1NC(=O)OCC(Cl)(Cl)Cl. The first-order chi connectivity index (χ1) is 7.83. The Balaban J connectivity index is 2.32. The van der Waals surface area contributed by atoms with Gasteiger partial charge < -0.3 is 15.4 Å². The van der Waals surface area contributed by atoms with Crippen molar-refractivity contribution in [2.24, 2.45) is 0 Å². The second-order valence-electron chi connectivity index (χ2n) is 3.38. The number of halogens is 3. The number of alkyl carbamates (subject to hydrolysis) is 1. The average Bonchev–Trinajstić information content (AvgIpc) is 2.22. The summed E-state index contributed by atoms with van der Waals surface area (Å²) in [5.41, 5.74) is 0. The zero-order chi connectivity index (χ0) is 13.1. The Morgan fingerprint density at radius 2 is 2.24 bits per heavy atom. The number of rotatable bonds is 4. The topological polar surface area (TPSA) is 67.4 Å². The summed E-state index contributed by atoms with van der Waals surface area (Å²) in [5.74, 6) is 0.469. The molecule has 0 aromatic heterocycles. The predicted molar refractivity (Wildman–Crippen MR) is 68.9 cm³/mol. The van der Waals surface area contributed by atoms with Crippen molar-refractivity contribution < 1.29 is 14.3 Å². The van der Waals surface area contributed by atoms with Crippen LogP contribution >= 0.6 is 46.6 Å². The maximum atomic E-state index is 11.3. The van der Waals surface area contributed by atoms with E-state index in [2.05, 4.69) is 15.4 Å². The molecule has 2 unspecified atom stereocenters. The van der Waals surface area contributed by atoms with Gasteiger partial charge in [0, 0.05) is 5.75 Å². The lowest BCUT2D eigenvalue weighted by Crippen LogP contribution is -2.70. The number of nitrogens with one attached hydrogen (secondary N) is 2. The third kappa shape index (κ3) is 4.99. The summed E-state index contributed by atoms with van der Waals surface area (Å²) in [5, 5.41) is 5.07. The summed E-state index contributed by atoms with van der Waals surface area (Å²) >= 11 is 17.8. The van der Waals surface area contributed by atoms with Gasteiger partial charge in [0.25, 0.3) is 0 Å². The molecule has 2 amide bonds. The molecule has 0 saturated carbocycles. The molecule has 9 heteroatoms. The van der Waals surface area contributed by atoms with E-state index in [0.29, 0.717) is 5.75 Å². The minimum atomic E-state index is -1.65. The summed E-state index contributed by atoms with van der Waals surface area (Å²) in [6.07, 6.45) is 1.13.